The molecule has 0 fully saturated rings. The molecule has 0 radical (unpaired) electrons. The molecule has 0 spiro atoms. The van der Waals surface area contributed by atoms with Crippen LogP contribution in [0.15, 0.2) is 64.8 Å². The number of benzene rings is 2. The Hall–Kier alpha value is -2.51. The van der Waals surface area contributed by atoms with Gasteiger partial charge in [-0.25, -0.2) is 4.98 Å². The fraction of sp³-hybridized carbons (Fsp3) is 0.280. The number of aromatic amines is 1. The lowest BCUT2D eigenvalue weighted by Gasteiger charge is -2.26. The third kappa shape index (κ3) is 5.27. The van der Waals surface area contributed by atoms with Gasteiger partial charge in [-0.1, -0.05) is 67.9 Å². The van der Waals surface area contributed by atoms with Crippen molar-refractivity contribution in [2.24, 2.45) is 5.92 Å². The van der Waals surface area contributed by atoms with E-state index in [1.807, 2.05) is 60.0 Å². The maximum absolute atomic E-state index is 13.0. The van der Waals surface area contributed by atoms with E-state index in [1.165, 1.54) is 11.3 Å². The van der Waals surface area contributed by atoms with E-state index in [9.17, 15) is 9.90 Å². The van der Waals surface area contributed by atoms with Gasteiger partial charge in [0.15, 0.2) is 0 Å². The first kappa shape index (κ1) is 22.7. The summed E-state index contributed by atoms with van der Waals surface area (Å²) in [5, 5.41) is 13.9. The molecule has 1 atom stereocenters. The molecule has 5 nitrogen and oxygen atoms in total. The summed E-state index contributed by atoms with van der Waals surface area (Å²) in [7, 11) is 0. The van der Waals surface area contributed by atoms with Crippen molar-refractivity contribution in [3.63, 3.8) is 0 Å². The standard InChI is InChI=1S/C25H26ClN3O2S/c1-16(2)12-29(13-21(30)17-7-4-3-5-8-17)14-22-27-24(31)23-20(15-32-25(23)28-22)18-9-6-10-19(26)11-18/h3-11,15-16,21,30H,12-14H2,1-2H3,(H,27,28,31). The van der Waals surface area contributed by atoms with Gasteiger partial charge in [0.25, 0.3) is 5.56 Å². The lowest BCUT2D eigenvalue weighted by molar-refractivity contribution is 0.100. The average molecular weight is 468 g/mol. The molecule has 0 amide bonds. The number of rotatable bonds is 8. The van der Waals surface area contributed by atoms with Gasteiger partial charge in [-0.2, -0.15) is 0 Å². The summed E-state index contributed by atoms with van der Waals surface area (Å²) in [6.45, 7) is 5.97. The number of hydrogen-bond donors (Lipinski definition) is 2. The van der Waals surface area contributed by atoms with Crippen molar-refractivity contribution in [3.8, 4) is 11.1 Å². The summed E-state index contributed by atoms with van der Waals surface area (Å²) in [5.41, 5.74) is 2.46. The lowest BCUT2D eigenvalue weighted by Crippen LogP contribution is -2.33. The van der Waals surface area contributed by atoms with Crippen molar-refractivity contribution < 1.29 is 5.11 Å². The second-order valence-corrected chi connectivity index (χ2v) is 9.66. The van der Waals surface area contributed by atoms with Gasteiger partial charge in [0, 0.05) is 29.1 Å². The topological polar surface area (TPSA) is 69.2 Å². The van der Waals surface area contributed by atoms with Crippen LogP contribution < -0.4 is 5.56 Å². The molecule has 0 aliphatic carbocycles. The Morgan fingerprint density at radius 3 is 2.62 bits per heavy atom. The van der Waals surface area contributed by atoms with Crippen molar-refractivity contribution in [2.75, 3.05) is 13.1 Å². The molecular formula is C25H26ClN3O2S. The zero-order valence-electron chi connectivity index (χ0n) is 18.1. The van der Waals surface area contributed by atoms with Crippen LogP contribution in [0, 0.1) is 5.92 Å². The second kappa shape index (κ2) is 9.96. The smallest absolute Gasteiger partial charge is 0.260 e. The van der Waals surface area contributed by atoms with Crippen LogP contribution in [0.4, 0.5) is 0 Å². The molecule has 4 aromatic rings. The number of nitrogens with one attached hydrogen (secondary N) is 1. The minimum Gasteiger partial charge on any atom is -0.387 e. The number of halogens is 1. The normalized spacial score (nSPS) is 12.7. The van der Waals surface area contributed by atoms with Gasteiger partial charge in [0.2, 0.25) is 0 Å². The number of nitrogens with zero attached hydrogens (tertiary/aromatic N) is 2. The largest absolute Gasteiger partial charge is 0.387 e. The van der Waals surface area contributed by atoms with Crippen molar-refractivity contribution in [3.05, 3.63) is 86.7 Å². The van der Waals surface area contributed by atoms with Crippen LogP contribution in [0.2, 0.25) is 5.02 Å². The van der Waals surface area contributed by atoms with Gasteiger partial charge in [-0.05, 0) is 29.2 Å². The zero-order valence-corrected chi connectivity index (χ0v) is 19.7. The Kier molecular flexibility index (Phi) is 7.06. The number of aliphatic hydroxyl groups excluding tert-OH is 1. The fourth-order valence-electron chi connectivity index (χ4n) is 3.89. The van der Waals surface area contributed by atoms with E-state index in [0.717, 1.165) is 23.2 Å². The first-order valence-corrected chi connectivity index (χ1v) is 11.9. The van der Waals surface area contributed by atoms with Gasteiger partial charge in [0.05, 0.1) is 18.0 Å². The van der Waals surface area contributed by atoms with Gasteiger partial charge < -0.3 is 10.1 Å². The van der Waals surface area contributed by atoms with Crippen molar-refractivity contribution in [1.29, 1.82) is 0 Å². The first-order valence-electron chi connectivity index (χ1n) is 10.6. The molecule has 0 aliphatic heterocycles. The van der Waals surface area contributed by atoms with E-state index in [0.29, 0.717) is 40.1 Å². The number of thiophene rings is 1. The van der Waals surface area contributed by atoms with Gasteiger partial charge >= 0.3 is 0 Å². The summed E-state index contributed by atoms with van der Waals surface area (Å²) in [6.07, 6.45) is -0.610. The molecule has 2 heterocycles. The third-order valence-electron chi connectivity index (χ3n) is 5.24. The Bertz CT molecular complexity index is 1250. The summed E-state index contributed by atoms with van der Waals surface area (Å²) >= 11 is 7.59. The summed E-state index contributed by atoms with van der Waals surface area (Å²) in [6, 6.07) is 17.1. The third-order valence-corrected chi connectivity index (χ3v) is 6.35. The van der Waals surface area contributed by atoms with E-state index in [2.05, 4.69) is 23.7 Å². The molecule has 32 heavy (non-hydrogen) atoms. The molecule has 0 aliphatic rings. The van der Waals surface area contributed by atoms with E-state index < -0.39 is 6.10 Å². The van der Waals surface area contributed by atoms with Crippen LogP contribution >= 0.6 is 22.9 Å². The summed E-state index contributed by atoms with van der Waals surface area (Å²) in [4.78, 5) is 23.5. The van der Waals surface area contributed by atoms with Crippen LogP contribution in [0.5, 0.6) is 0 Å². The summed E-state index contributed by atoms with van der Waals surface area (Å²) in [5.74, 6) is 1.01. The van der Waals surface area contributed by atoms with E-state index in [1.54, 1.807) is 0 Å². The van der Waals surface area contributed by atoms with Crippen LogP contribution in [0.1, 0.15) is 31.3 Å². The first-order chi connectivity index (χ1) is 15.4. The second-order valence-electron chi connectivity index (χ2n) is 8.37. The zero-order chi connectivity index (χ0) is 22.7. The number of fused-ring (bicyclic) bond motifs is 1. The number of H-pyrrole nitrogens is 1. The monoisotopic (exact) mass is 467 g/mol. The molecule has 2 aromatic heterocycles. The van der Waals surface area contributed by atoms with Crippen molar-refractivity contribution >= 4 is 33.2 Å². The lowest BCUT2D eigenvalue weighted by atomic mass is 10.1. The Morgan fingerprint density at radius 2 is 1.91 bits per heavy atom. The predicted molar refractivity (Wildman–Crippen MR) is 132 cm³/mol. The van der Waals surface area contributed by atoms with Crippen molar-refractivity contribution in [1.82, 2.24) is 14.9 Å². The Labute approximate surface area is 196 Å². The van der Waals surface area contributed by atoms with Crippen LogP contribution in [-0.2, 0) is 6.54 Å². The maximum atomic E-state index is 13.0. The number of hydrogen-bond acceptors (Lipinski definition) is 5. The molecule has 4 rings (SSSR count). The Morgan fingerprint density at radius 1 is 1.12 bits per heavy atom. The quantitative estimate of drug-likeness (QED) is 0.359. The minimum atomic E-state index is -0.610. The van der Waals surface area contributed by atoms with Gasteiger partial charge in [-0.3, -0.25) is 9.69 Å². The molecule has 0 bridgehead atoms. The van der Waals surface area contributed by atoms with E-state index in [-0.39, 0.29) is 5.56 Å². The van der Waals surface area contributed by atoms with Gasteiger partial charge in [0.1, 0.15) is 10.7 Å². The highest BCUT2D eigenvalue weighted by molar-refractivity contribution is 7.17. The van der Waals surface area contributed by atoms with Crippen LogP contribution in [-0.4, -0.2) is 33.1 Å². The minimum absolute atomic E-state index is 0.158. The highest BCUT2D eigenvalue weighted by Crippen LogP contribution is 2.32. The highest BCUT2D eigenvalue weighted by Gasteiger charge is 2.18. The molecule has 0 saturated carbocycles. The number of aliphatic hydroxyl groups is 1. The predicted octanol–water partition coefficient (Wildman–Crippen LogP) is 5.50. The number of aromatic nitrogens is 2. The molecule has 0 saturated heterocycles. The average Bonchev–Trinajstić information content (AvgIpc) is 3.18. The molecule has 2 aromatic carbocycles. The van der Waals surface area contributed by atoms with Crippen LogP contribution in [0.3, 0.4) is 0 Å². The molecule has 7 heteroatoms. The molecular weight excluding hydrogens is 442 g/mol. The molecule has 1 unspecified atom stereocenters. The summed E-state index contributed by atoms with van der Waals surface area (Å²) < 4.78 is 0. The van der Waals surface area contributed by atoms with Crippen molar-refractivity contribution in [2.45, 2.75) is 26.5 Å². The van der Waals surface area contributed by atoms with E-state index >= 15 is 0 Å². The highest BCUT2D eigenvalue weighted by atomic mass is 35.5. The maximum Gasteiger partial charge on any atom is 0.260 e. The SMILES string of the molecule is CC(C)CN(Cc1nc2scc(-c3cccc(Cl)c3)c2c(=O)[nH]1)CC(O)c1ccccc1. The molecule has 2 N–H and O–H groups in total. The van der Waals surface area contributed by atoms with Gasteiger partial charge in [-0.15, -0.1) is 11.3 Å². The molecule has 166 valence electrons. The van der Waals surface area contributed by atoms with E-state index in [4.69, 9.17) is 16.6 Å². The fourth-order valence-corrected chi connectivity index (χ4v) is 5.05. The Balaban J connectivity index is 1.61. The van der Waals surface area contributed by atoms with Crippen LogP contribution in [0.25, 0.3) is 21.3 Å².